The Morgan fingerprint density at radius 1 is 0.276 bits per heavy atom. The van der Waals surface area contributed by atoms with Crippen LogP contribution in [0.1, 0.15) is 145 Å². The van der Waals surface area contributed by atoms with E-state index in [-0.39, 0.29) is 31.7 Å². The maximum atomic E-state index is 5.71. The van der Waals surface area contributed by atoms with Crippen molar-refractivity contribution in [1.82, 2.24) is 89.7 Å². The van der Waals surface area contributed by atoms with Crippen molar-refractivity contribution in [3.8, 4) is 0 Å². The summed E-state index contributed by atoms with van der Waals surface area (Å²) in [6.45, 7) is 31.9. The van der Waals surface area contributed by atoms with E-state index in [4.69, 9.17) is 98.3 Å². The van der Waals surface area contributed by atoms with E-state index in [1.807, 2.05) is 46.5 Å². The molecule has 6 aromatic heterocycles. The molecule has 15 N–H and O–H groups in total. The molecule has 0 bridgehead atoms. The van der Waals surface area contributed by atoms with Crippen LogP contribution in [0.2, 0.25) is 31.7 Å². The first-order valence-electron chi connectivity index (χ1n) is 31.0. The van der Waals surface area contributed by atoms with Gasteiger partial charge in [0.2, 0.25) is 61.4 Å². The van der Waals surface area contributed by atoms with Gasteiger partial charge in [0.15, 0.2) is 15.5 Å². The first-order chi connectivity index (χ1) is 47.2. The van der Waals surface area contributed by atoms with Gasteiger partial charge in [-0.05, 0) is 134 Å². The summed E-state index contributed by atoms with van der Waals surface area (Å²) >= 11 is 56.2. The molecular formula is C57H112Cl10N28S3. The maximum Gasteiger partial charge on any atom is 0.228 e. The van der Waals surface area contributed by atoms with E-state index >= 15 is 0 Å². The molecule has 6 heterocycles. The van der Waals surface area contributed by atoms with Crippen LogP contribution >= 0.6 is 151 Å². The zero-order chi connectivity index (χ0) is 76.9. The minimum atomic E-state index is 0.129. The molecule has 0 aromatic carbocycles. The lowest BCUT2D eigenvalue weighted by atomic mass is 10.3. The predicted molar refractivity (Wildman–Crippen MR) is 430 cm³/mol. The fourth-order valence-electron chi connectivity index (χ4n) is 4.83. The Labute approximate surface area is 648 Å². The van der Waals surface area contributed by atoms with Gasteiger partial charge in [0.1, 0.15) is 23.3 Å². The lowest BCUT2D eigenvalue weighted by molar-refractivity contribution is 0.778. The number of thioether (sulfide) groups is 3. The van der Waals surface area contributed by atoms with E-state index in [1.54, 1.807) is 0 Å². The first-order valence-corrected chi connectivity index (χ1v) is 40.0. The van der Waals surface area contributed by atoms with Crippen LogP contribution in [0.15, 0.2) is 15.5 Å². The minimum Gasteiger partial charge on any atom is -0.354 e. The molecular weight excluding hydrogens is 1530 g/mol. The van der Waals surface area contributed by atoms with Gasteiger partial charge < -0.3 is 55.3 Å². The van der Waals surface area contributed by atoms with Gasteiger partial charge in [-0.3, -0.25) is 0 Å². The highest BCUT2D eigenvalue weighted by Gasteiger charge is 2.08. The van der Waals surface area contributed by atoms with E-state index in [1.165, 1.54) is 67.2 Å². The number of hydrogen-bond acceptors (Lipinski definition) is 31. The van der Waals surface area contributed by atoms with Crippen LogP contribution < -0.4 is 55.3 Å². The summed E-state index contributed by atoms with van der Waals surface area (Å²) in [7, 11) is 0. The van der Waals surface area contributed by atoms with Crippen LogP contribution in [0, 0.1) is 0 Å². The average molecular weight is 1640 g/mol. The highest BCUT2D eigenvalue weighted by molar-refractivity contribution is 7.98. The standard InChI is InChI=1S/C11H20N4.C9H18N6S.C8H13ClN4.C7H11ClN4S.C5H5Cl2N3.C4H3Cl2N3S.C3H8.C2H8N2.2C2H7N.4CH3Cl/c1-4-7-10-13-9(6-3)14-11(15-10)12-8-5-2;1-3-5-11-7-13-8(12-6-4-10)15-9(14-7)16-2;1-3-5-10-8-12-6(4-2)11-7(9)13-8;1-3-4-9-6-10-5(8)11-7(12-6)13-2;1-2-3-8-4(6)10-5(7)9-3;1-10-4-8-2(5)7-3(6)9-4;1-3-2;3-1-2-4;2*1-2-3;4*1-2/h4-8H2,1-3H3,(H,12,13,14,15);3-6,10H2,1-2H3,(H2,11,12,13,14,15);3-5H2,1-2H3,(H,10,11,12,13);3-4H2,1-2H3,(H,9,10,11,12);2H2,1H3;1H3;3H2,1-2H3;1-4H2;2*2-3H2,1H3;4*1H3. The van der Waals surface area contributed by atoms with Crippen LogP contribution in [-0.2, 0) is 25.7 Å². The van der Waals surface area contributed by atoms with Gasteiger partial charge in [-0.15, -0.1) is 46.4 Å². The van der Waals surface area contributed by atoms with Crippen LogP contribution in [0.3, 0.4) is 0 Å². The zero-order valence-corrected chi connectivity index (χ0v) is 70.6. The number of alkyl halides is 4. The van der Waals surface area contributed by atoms with Crippen LogP contribution in [0.25, 0.3) is 0 Å². The molecule has 0 atom stereocenters. The number of nitrogens with zero attached hydrogens (tertiary/aromatic N) is 18. The van der Waals surface area contributed by atoms with Gasteiger partial charge in [0, 0.05) is 104 Å². The van der Waals surface area contributed by atoms with E-state index in [0.29, 0.717) is 77.7 Å². The Bertz CT molecular complexity index is 2490. The van der Waals surface area contributed by atoms with Gasteiger partial charge in [0.05, 0.1) is 0 Å². The van der Waals surface area contributed by atoms with Crippen molar-refractivity contribution in [2.24, 2.45) is 28.7 Å². The molecule has 0 spiro atoms. The summed E-state index contributed by atoms with van der Waals surface area (Å²) < 4.78 is 0. The number of aryl methyl sites for hydroxylation is 4. The molecule has 28 nitrogen and oxygen atoms in total. The SMILES string of the molecule is CCC.CCCNc1nc(CC)nc(CCC)n1.CCCNc1nc(Cl)nc(CC)n1.CCCNc1nc(Cl)nc(SC)n1.CCCNc1nc(NCCN)nc(SC)n1.CCN.CCN.CCc1nc(Cl)nc(Cl)n1.CCl.CCl.CCl.CCl.CSc1nc(Cl)nc(Cl)n1.NCCN. The summed E-state index contributed by atoms with van der Waals surface area (Å²) in [5.74, 6) is 6.15. The van der Waals surface area contributed by atoms with Crippen LogP contribution in [-0.4, -0.2) is 199 Å². The molecule has 0 amide bonds. The zero-order valence-electron chi connectivity index (χ0n) is 60.6. The fourth-order valence-corrected chi connectivity index (χ4v) is 7.15. The molecule has 0 aliphatic heterocycles. The van der Waals surface area contributed by atoms with Gasteiger partial charge in [-0.2, -0.15) is 69.8 Å². The van der Waals surface area contributed by atoms with Gasteiger partial charge >= 0.3 is 0 Å². The summed E-state index contributed by atoms with van der Waals surface area (Å²) in [5, 5.41) is 18.4. The van der Waals surface area contributed by atoms with Crippen molar-refractivity contribution < 1.29 is 0 Å². The Morgan fingerprint density at radius 2 is 0.510 bits per heavy atom. The van der Waals surface area contributed by atoms with Crippen LogP contribution in [0.5, 0.6) is 0 Å². The smallest absolute Gasteiger partial charge is 0.228 e. The number of halogens is 10. The Hall–Kier alpha value is -3.19. The third-order valence-corrected chi connectivity index (χ3v) is 11.1. The largest absolute Gasteiger partial charge is 0.354 e. The summed E-state index contributed by atoms with van der Waals surface area (Å²) in [6, 6.07) is 0. The number of aromatic nitrogens is 18. The molecule has 6 aromatic rings. The predicted octanol–water partition coefficient (Wildman–Crippen LogP) is 14.3. The third-order valence-electron chi connectivity index (χ3n) is 8.47. The van der Waals surface area contributed by atoms with Crippen molar-refractivity contribution in [3.63, 3.8) is 0 Å². The first kappa shape index (κ1) is 111. The van der Waals surface area contributed by atoms with Crippen molar-refractivity contribution in [2.45, 2.75) is 163 Å². The Kier molecular flexibility index (Phi) is 97.4. The Morgan fingerprint density at radius 3 is 0.806 bits per heavy atom. The number of rotatable bonds is 24. The molecule has 0 saturated carbocycles. The van der Waals surface area contributed by atoms with Gasteiger partial charge in [-0.1, -0.05) is 125 Å². The van der Waals surface area contributed by atoms with Crippen molar-refractivity contribution in [3.05, 3.63) is 55.0 Å². The summed E-state index contributed by atoms with van der Waals surface area (Å²) in [6.07, 6.45) is 21.3. The molecule has 0 aliphatic carbocycles. The molecule has 0 unspecified atom stereocenters. The number of nitrogens with one attached hydrogen (secondary N) is 5. The monoisotopic (exact) mass is 1630 g/mol. The Balaban J connectivity index is -0.000000157. The molecule has 41 heteroatoms. The minimum absolute atomic E-state index is 0.129. The number of nitrogens with two attached hydrogens (primary N) is 5. The van der Waals surface area contributed by atoms with E-state index in [0.717, 1.165) is 114 Å². The molecule has 0 fully saturated rings. The summed E-state index contributed by atoms with van der Waals surface area (Å²) in [4.78, 5) is 72.3. The molecule has 0 saturated heterocycles. The number of anilines is 5. The average Bonchev–Trinajstić information content (AvgIpc) is 0.921. The second-order valence-electron chi connectivity index (χ2n) is 16.7. The molecule has 6 rings (SSSR count). The lowest BCUT2D eigenvalue weighted by Crippen LogP contribution is -2.16. The molecule has 98 heavy (non-hydrogen) atoms. The maximum absolute atomic E-state index is 5.71. The highest BCUT2D eigenvalue weighted by Crippen LogP contribution is 2.16. The highest BCUT2D eigenvalue weighted by atomic mass is 35.5. The van der Waals surface area contributed by atoms with Crippen molar-refractivity contribution in [2.75, 3.05) is 136 Å². The fraction of sp³-hybridized carbons (Fsp3) is 0.684. The van der Waals surface area contributed by atoms with Crippen molar-refractivity contribution in [1.29, 1.82) is 0 Å². The van der Waals surface area contributed by atoms with E-state index < -0.39 is 0 Å². The second-order valence-corrected chi connectivity index (χ2v) is 21.1. The van der Waals surface area contributed by atoms with Gasteiger partial charge in [0.25, 0.3) is 0 Å². The molecule has 0 aliphatic rings. The van der Waals surface area contributed by atoms with Crippen molar-refractivity contribution >= 4 is 181 Å². The molecule has 0 radical (unpaired) electrons. The third kappa shape index (κ3) is 71.2. The second kappa shape index (κ2) is 86.2. The summed E-state index contributed by atoms with van der Waals surface area (Å²) in [5.41, 5.74) is 24.9. The topological polar surface area (TPSA) is 422 Å². The quantitative estimate of drug-likeness (QED) is 0.0199. The van der Waals surface area contributed by atoms with E-state index in [2.05, 4.69) is 218 Å². The normalized spacial score (nSPS) is 9.04. The van der Waals surface area contributed by atoms with E-state index in [9.17, 15) is 0 Å². The lowest BCUT2D eigenvalue weighted by Gasteiger charge is -2.07. The molecule has 568 valence electrons. The number of hydrogen-bond donors (Lipinski definition) is 10. The van der Waals surface area contributed by atoms with Gasteiger partial charge in [-0.25, -0.2) is 19.9 Å². The van der Waals surface area contributed by atoms with Crippen LogP contribution in [0.4, 0.5) is 29.7 Å².